The van der Waals surface area contributed by atoms with Gasteiger partial charge in [-0.05, 0) is 45.4 Å². The van der Waals surface area contributed by atoms with E-state index in [1.54, 1.807) is 13.0 Å². The molecule has 1 unspecified atom stereocenters. The molecular formula is C14H22FNO2. The van der Waals surface area contributed by atoms with Gasteiger partial charge < -0.3 is 15.2 Å². The Morgan fingerprint density at radius 3 is 2.56 bits per heavy atom. The monoisotopic (exact) mass is 255 g/mol. The zero-order valence-electron chi connectivity index (χ0n) is 11.5. The second-order valence-electron chi connectivity index (χ2n) is 4.52. The predicted molar refractivity (Wildman–Crippen MR) is 70.3 cm³/mol. The van der Waals surface area contributed by atoms with Crippen LogP contribution in [0.15, 0.2) is 12.1 Å². The third kappa shape index (κ3) is 3.96. The summed E-state index contributed by atoms with van der Waals surface area (Å²) in [5.74, 6) is 0.378. The maximum Gasteiger partial charge on any atom is 0.126 e. The molecule has 0 spiro atoms. The fourth-order valence-electron chi connectivity index (χ4n) is 1.66. The van der Waals surface area contributed by atoms with Crippen molar-refractivity contribution in [3.8, 4) is 5.75 Å². The number of aryl methyl sites for hydroxylation is 1. The lowest BCUT2D eigenvalue weighted by atomic mass is 10.0. The van der Waals surface area contributed by atoms with Gasteiger partial charge in [0, 0.05) is 18.2 Å². The van der Waals surface area contributed by atoms with Crippen LogP contribution < -0.4 is 10.5 Å². The summed E-state index contributed by atoms with van der Waals surface area (Å²) >= 11 is 0. The summed E-state index contributed by atoms with van der Waals surface area (Å²) in [5, 5.41) is 0. The number of ether oxygens (including phenoxy) is 2. The van der Waals surface area contributed by atoms with Gasteiger partial charge in [0.1, 0.15) is 17.7 Å². The van der Waals surface area contributed by atoms with Crippen LogP contribution in [-0.2, 0) is 4.74 Å². The van der Waals surface area contributed by atoms with E-state index in [2.05, 4.69) is 0 Å². The van der Waals surface area contributed by atoms with E-state index in [1.807, 2.05) is 20.8 Å². The molecule has 3 nitrogen and oxygen atoms in total. The number of rotatable bonds is 6. The van der Waals surface area contributed by atoms with Crippen LogP contribution in [0.1, 0.15) is 37.9 Å². The summed E-state index contributed by atoms with van der Waals surface area (Å²) < 4.78 is 24.6. The minimum Gasteiger partial charge on any atom is -0.488 e. The van der Waals surface area contributed by atoms with Crippen LogP contribution in [0.2, 0.25) is 0 Å². The molecule has 0 heterocycles. The van der Waals surface area contributed by atoms with Crippen molar-refractivity contribution in [1.29, 1.82) is 0 Å². The first-order valence-corrected chi connectivity index (χ1v) is 6.25. The van der Waals surface area contributed by atoms with Crippen molar-refractivity contribution in [1.82, 2.24) is 0 Å². The Morgan fingerprint density at radius 2 is 2.00 bits per heavy atom. The second kappa shape index (κ2) is 6.71. The van der Waals surface area contributed by atoms with E-state index < -0.39 is 0 Å². The minimum absolute atomic E-state index is 0.0905. The van der Waals surface area contributed by atoms with Crippen LogP contribution in [0, 0.1) is 12.7 Å². The Hall–Kier alpha value is -1.13. The molecule has 0 bridgehead atoms. The molecule has 0 aliphatic carbocycles. The Kier molecular flexibility index (Phi) is 5.56. The summed E-state index contributed by atoms with van der Waals surface area (Å²) in [6.45, 7) is 8.52. The van der Waals surface area contributed by atoms with E-state index in [4.69, 9.17) is 15.2 Å². The largest absolute Gasteiger partial charge is 0.488 e. The van der Waals surface area contributed by atoms with Crippen molar-refractivity contribution in [3.05, 3.63) is 29.1 Å². The van der Waals surface area contributed by atoms with Crippen LogP contribution in [0.25, 0.3) is 0 Å². The zero-order valence-corrected chi connectivity index (χ0v) is 11.5. The lowest BCUT2D eigenvalue weighted by Gasteiger charge is -2.19. The van der Waals surface area contributed by atoms with Crippen molar-refractivity contribution in [2.45, 2.75) is 39.8 Å². The van der Waals surface area contributed by atoms with Gasteiger partial charge in [-0.1, -0.05) is 0 Å². The van der Waals surface area contributed by atoms with Crippen LogP contribution >= 0.6 is 0 Å². The number of nitrogens with two attached hydrogens (primary N) is 1. The number of benzene rings is 1. The number of hydrogen-bond donors (Lipinski definition) is 1. The summed E-state index contributed by atoms with van der Waals surface area (Å²) in [4.78, 5) is 0. The minimum atomic E-state index is -0.269. The van der Waals surface area contributed by atoms with Crippen LogP contribution in [0.3, 0.4) is 0 Å². The van der Waals surface area contributed by atoms with Gasteiger partial charge in [0.25, 0.3) is 0 Å². The van der Waals surface area contributed by atoms with E-state index in [1.165, 1.54) is 6.07 Å². The van der Waals surface area contributed by atoms with Gasteiger partial charge in [-0.25, -0.2) is 4.39 Å². The Balaban J connectivity index is 2.89. The molecule has 1 rings (SSSR count). The average Bonchev–Trinajstić information content (AvgIpc) is 2.30. The van der Waals surface area contributed by atoms with Crippen molar-refractivity contribution >= 4 is 0 Å². The highest BCUT2D eigenvalue weighted by Crippen LogP contribution is 2.28. The van der Waals surface area contributed by atoms with E-state index >= 15 is 0 Å². The topological polar surface area (TPSA) is 44.5 Å². The molecule has 0 fully saturated rings. The van der Waals surface area contributed by atoms with Gasteiger partial charge in [0.15, 0.2) is 0 Å². The van der Waals surface area contributed by atoms with Gasteiger partial charge in [-0.2, -0.15) is 0 Å². The highest BCUT2D eigenvalue weighted by Gasteiger charge is 2.14. The summed E-state index contributed by atoms with van der Waals surface area (Å²) in [6, 6.07) is 2.87. The van der Waals surface area contributed by atoms with Crippen LogP contribution in [0.4, 0.5) is 4.39 Å². The smallest absolute Gasteiger partial charge is 0.126 e. The standard InChI is InChI=1S/C14H22FNO2/c1-5-17-8-10(3)18-14-6-9(2)13(15)7-12(14)11(4)16/h6-7,10-11H,5,8,16H2,1-4H3/t10?,11-/m1/s1. The first-order chi connectivity index (χ1) is 8.45. The number of hydrogen-bond acceptors (Lipinski definition) is 3. The van der Waals surface area contributed by atoms with Gasteiger partial charge in [-0.15, -0.1) is 0 Å². The van der Waals surface area contributed by atoms with E-state index in [0.717, 1.165) is 0 Å². The van der Waals surface area contributed by atoms with Gasteiger partial charge >= 0.3 is 0 Å². The summed E-state index contributed by atoms with van der Waals surface area (Å²) in [7, 11) is 0. The maximum absolute atomic E-state index is 13.5. The molecule has 0 saturated carbocycles. The van der Waals surface area contributed by atoms with Crippen molar-refractivity contribution in [2.75, 3.05) is 13.2 Å². The molecule has 0 radical (unpaired) electrons. The first-order valence-electron chi connectivity index (χ1n) is 6.25. The normalized spacial score (nSPS) is 14.3. The molecule has 0 saturated heterocycles. The average molecular weight is 255 g/mol. The highest BCUT2D eigenvalue weighted by molar-refractivity contribution is 5.40. The third-order valence-electron chi connectivity index (χ3n) is 2.67. The molecule has 18 heavy (non-hydrogen) atoms. The molecule has 0 aliphatic heterocycles. The SMILES string of the molecule is CCOCC(C)Oc1cc(C)c(F)cc1[C@@H](C)N. The fraction of sp³-hybridized carbons (Fsp3) is 0.571. The lowest BCUT2D eigenvalue weighted by molar-refractivity contribution is 0.0650. The Labute approximate surface area is 108 Å². The highest BCUT2D eigenvalue weighted by atomic mass is 19.1. The quantitative estimate of drug-likeness (QED) is 0.850. The lowest BCUT2D eigenvalue weighted by Crippen LogP contribution is -2.21. The summed E-state index contributed by atoms with van der Waals surface area (Å²) in [5.41, 5.74) is 7.07. The Bertz CT molecular complexity index is 394. The van der Waals surface area contributed by atoms with Crippen molar-refractivity contribution < 1.29 is 13.9 Å². The maximum atomic E-state index is 13.5. The molecule has 1 aromatic carbocycles. The number of halogens is 1. The summed E-state index contributed by atoms with van der Waals surface area (Å²) in [6.07, 6.45) is -0.0905. The first kappa shape index (κ1) is 14.9. The molecule has 0 aliphatic rings. The molecule has 0 aromatic heterocycles. The van der Waals surface area contributed by atoms with E-state index in [0.29, 0.717) is 30.1 Å². The molecule has 2 atom stereocenters. The third-order valence-corrected chi connectivity index (χ3v) is 2.67. The van der Waals surface area contributed by atoms with Crippen molar-refractivity contribution in [2.24, 2.45) is 5.73 Å². The van der Waals surface area contributed by atoms with Crippen LogP contribution in [0.5, 0.6) is 5.75 Å². The predicted octanol–water partition coefficient (Wildman–Crippen LogP) is 2.96. The van der Waals surface area contributed by atoms with Crippen molar-refractivity contribution in [3.63, 3.8) is 0 Å². The van der Waals surface area contributed by atoms with Gasteiger partial charge in [0.05, 0.1) is 6.61 Å². The van der Waals surface area contributed by atoms with E-state index in [-0.39, 0.29) is 18.0 Å². The molecule has 4 heteroatoms. The molecule has 0 amide bonds. The van der Waals surface area contributed by atoms with Gasteiger partial charge in [-0.3, -0.25) is 0 Å². The second-order valence-corrected chi connectivity index (χ2v) is 4.52. The van der Waals surface area contributed by atoms with Crippen LogP contribution in [-0.4, -0.2) is 19.3 Å². The zero-order chi connectivity index (χ0) is 13.7. The Morgan fingerprint density at radius 1 is 1.33 bits per heavy atom. The molecule has 2 N–H and O–H groups in total. The molecule has 1 aromatic rings. The van der Waals surface area contributed by atoms with E-state index in [9.17, 15) is 4.39 Å². The fourth-order valence-corrected chi connectivity index (χ4v) is 1.66. The molecule has 102 valence electrons. The molecular weight excluding hydrogens is 233 g/mol. The van der Waals surface area contributed by atoms with Gasteiger partial charge in [0.2, 0.25) is 0 Å².